The lowest BCUT2D eigenvalue weighted by Crippen LogP contribution is -2.61. The van der Waals surface area contributed by atoms with Gasteiger partial charge in [0.25, 0.3) is 5.56 Å². The Balaban J connectivity index is 1.85. The summed E-state index contributed by atoms with van der Waals surface area (Å²) in [7, 11) is 0. The predicted molar refractivity (Wildman–Crippen MR) is 199 cm³/mol. The first-order chi connectivity index (χ1) is 25.5. The van der Waals surface area contributed by atoms with Gasteiger partial charge in [-0.1, -0.05) is 70.4 Å². The first-order valence-corrected chi connectivity index (χ1v) is 19.5. The number of esters is 4. The van der Waals surface area contributed by atoms with Crippen LogP contribution in [0.5, 0.6) is 0 Å². The minimum atomic E-state index is -1.34. The highest BCUT2D eigenvalue weighted by molar-refractivity contribution is 5.68. The molecule has 3 rings (SSSR count). The lowest BCUT2D eigenvalue weighted by molar-refractivity contribution is -0.268. The molecule has 0 aliphatic carbocycles. The van der Waals surface area contributed by atoms with Crippen LogP contribution in [0.3, 0.4) is 0 Å². The molecule has 5 atom stereocenters. The molecule has 1 aromatic rings. The molecule has 0 unspecified atom stereocenters. The molecule has 2 saturated heterocycles. The molecular weight excluding hydrogens is 684 g/mol. The van der Waals surface area contributed by atoms with Crippen molar-refractivity contribution in [3.8, 4) is 0 Å². The zero-order chi connectivity index (χ0) is 38.6. The first-order valence-electron chi connectivity index (χ1n) is 19.5. The third-order valence-corrected chi connectivity index (χ3v) is 9.34. The zero-order valence-corrected chi connectivity index (χ0v) is 32.5. The van der Waals surface area contributed by atoms with E-state index in [1.165, 1.54) is 72.3 Å². The van der Waals surface area contributed by atoms with E-state index in [-0.39, 0.29) is 6.61 Å². The fraction of sp³-hybridized carbons (Fsp3) is 0.744. The topological polar surface area (TPSA) is 165 Å². The number of carbonyl (C=O) groups excluding carboxylic acids is 4. The standard InChI is InChI=1S/C39H62N4O10/c1-6-7-8-9-10-11-12-13-14-15-16-17-18-19-20-21-32-26-34(48)41-39(42-24-22-40-23-25-42)43(32)38-37(52-31(5)47)36(51-30(4)46)35(50-29(3)45)33(53-38)27-49-28(2)44/h13-14,26,33,35-38,40H,6-12,15-25,27H2,1-5H3/b14-13+/t33-,35-,36+,37-,38-/m1/s1. The molecule has 2 aliphatic rings. The quantitative estimate of drug-likeness (QED) is 0.0722. The highest BCUT2D eigenvalue weighted by Crippen LogP contribution is 2.37. The number of aromatic nitrogens is 2. The molecule has 2 aliphatic heterocycles. The molecule has 0 bridgehead atoms. The maximum atomic E-state index is 13.1. The Morgan fingerprint density at radius 2 is 1.32 bits per heavy atom. The fourth-order valence-electron chi connectivity index (χ4n) is 6.87. The zero-order valence-electron chi connectivity index (χ0n) is 32.5. The number of anilines is 1. The highest BCUT2D eigenvalue weighted by Gasteiger charge is 2.53. The van der Waals surface area contributed by atoms with E-state index in [0.29, 0.717) is 44.2 Å². The summed E-state index contributed by atoms with van der Waals surface area (Å²) in [4.78, 5) is 68.8. The average Bonchev–Trinajstić information content (AvgIpc) is 3.10. The van der Waals surface area contributed by atoms with Crippen molar-refractivity contribution in [1.82, 2.24) is 14.9 Å². The van der Waals surface area contributed by atoms with Gasteiger partial charge in [0.15, 0.2) is 24.5 Å². The van der Waals surface area contributed by atoms with Gasteiger partial charge in [-0.25, -0.2) is 0 Å². The van der Waals surface area contributed by atoms with Gasteiger partial charge in [0.1, 0.15) is 12.7 Å². The van der Waals surface area contributed by atoms with E-state index in [9.17, 15) is 24.0 Å². The molecule has 14 heteroatoms. The van der Waals surface area contributed by atoms with Gasteiger partial charge < -0.3 is 33.9 Å². The Kier molecular flexibility index (Phi) is 19.6. The number of hydrogen-bond donors (Lipinski definition) is 1. The summed E-state index contributed by atoms with van der Waals surface area (Å²) in [6.45, 7) is 9.06. The molecule has 14 nitrogen and oxygen atoms in total. The number of nitrogens with zero attached hydrogens (tertiary/aromatic N) is 3. The van der Waals surface area contributed by atoms with Crippen molar-refractivity contribution in [2.75, 3.05) is 37.7 Å². The van der Waals surface area contributed by atoms with E-state index in [0.717, 1.165) is 44.9 Å². The van der Waals surface area contributed by atoms with E-state index in [1.54, 1.807) is 4.57 Å². The predicted octanol–water partition coefficient (Wildman–Crippen LogP) is 5.10. The second-order valence-corrected chi connectivity index (χ2v) is 13.9. The SMILES string of the molecule is CCCCCCCC/C=C/CCCCCCCc1cc(=O)nc(N2CCNCC2)n1[C@@H]1O[C@H](COC(C)=O)[C@@H](OC(C)=O)[C@H](OC(C)=O)[C@H]1OC(C)=O. The Bertz CT molecular complexity index is 1390. The monoisotopic (exact) mass is 746 g/mol. The summed E-state index contributed by atoms with van der Waals surface area (Å²) in [5, 5.41) is 3.30. The second kappa shape index (κ2) is 23.8. The van der Waals surface area contributed by atoms with Crippen LogP contribution in [0, 0.1) is 0 Å². The van der Waals surface area contributed by atoms with Crippen LogP contribution in [0.2, 0.25) is 0 Å². The fourth-order valence-corrected chi connectivity index (χ4v) is 6.87. The van der Waals surface area contributed by atoms with Crippen LogP contribution in [0.15, 0.2) is 23.0 Å². The smallest absolute Gasteiger partial charge is 0.303 e. The van der Waals surface area contributed by atoms with E-state index in [1.807, 2.05) is 4.90 Å². The molecular formula is C39H62N4O10. The van der Waals surface area contributed by atoms with Crippen molar-refractivity contribution >= 4 is 29.8 Å². The summed E-state index contributed by atoms with van der Waals surface area (Å²) in [6.07, 6.45) is 13.8. The van der Waals surface area contributed by atoms with Crippen LogP contribution in [0.4, 0.5) is 5.95 Å². The minimum absolute atomic E-state index is 0.308. The number of aryl methyl sites for hydroxylation is 1. The Morgan fingerprint density at radius 1 is 0.774 bits per heavy atom. The van der Waals surface area contributed by atoms with Crippen molar-refractivity contribution in [3.63, 3.8) is 0 Å². The molecule has 1 aromatic heterocycles. The Hall–Kier alpha value is -3.78. The van der Waals surface area contributed by atoms with Crippen LogP contribution in [-0.2, 0) is 49.3 Å². The van der Waals surface area contributed by atoms with Gasteiger partial charge in [-0.2, -0.15) is 4.98 Å². The molecule has 2 fully saturated rings. The maximum absolute atomic E-state index is 13.1. The van der Waals surface area contributed by atoms with Crippen LogP contribution in [-0.4, -0.2) is 90.6 Å². The van der Waals surface area contributed by atoms with Gasteiger partial charge in [-0.15, -0.1) is 0 Å². The van der Waals surface area contributed by atoms with Gasteiger partial charge in [0.05, 0.1) is 0 Å². The molecule has 0 radical (unpaired) electrons. The lowest BCUT2D eigenvalue weighted by atomic mass is 9.96. The van der Waals surface area contributed by atoms with Gasteiger partial charge in [0.2, 0.25) is 5.95 Å². The van der Waals surface area contributed by atoms with E-state index in [2.05, 4.69) is 29.4 Å². The number of unbranched alkanes of at least 4 members (excludes halogenated alkanes) is 11. The van der Waals surface area contributed by atoms with E-state index in [4.69, 9.17) is 23.7 Å². The normalized spacial score (nSPS) is 21.7. The van der Waals surface area contributed by atoms with Crippen molar-refractivity contribution in [2.24, 2.45) is 0 Å². The van der Waals surface area contributed by atoms with Crippen LogP contribution >= 0.6 is 0 Å². The third kappa shape index (κ3) is 15.2. The summed E-state index contributed by atoms with van der Waals surface area (Å²) in [6, 6.07) is 1.45. The molecule has 0 amide bonds. The summed E-state index contributed by atoms with van der Waals surface area (Å²) in [5.41, 5.74) is 0.167. The Morgan fingerprint density at radius 3 is 1.91 bits per heavy atom. The number of allylic oxidation sites excluding steroid dienone is 2. The average molecular weight is 747 g/mol. The first kappa shape index (κ1) is 43.6. The number of hydrogen-bond acceptors (Lipinski definition) is 13. The molecule has 0 saturated carbocycles. The molecule has 53 heavy (non-hydrogen) atoms. The maximum Gasteiger partial charge on any atom is 0.303 e. The van der Waals surface area contributed by atoms with Crippen LogP contribution in [0.1, 0.15) is 130 Å². The van der Waals surface area contributed by atoms with Crippen molar-refractivity contribution in [2.45, 2.75) is 155 Å². The molecule has 0 aromatic carbocycles. The highest BCUT2D eigenvalue weighted by atomic mass is 16.7. The van der Waals surface area contributed by atoms with Crippen molar-refractivity contribution < 1.29 is 42.9 Å². The molecule has 3 heterocycles. The number of rotatable bonds is 22. The molecule has 0 spiro atoms. The van der Waals surface area contributed by atoms with E-state index < -0.39 is 60.1 Å². The molecule has 298 valence electrons. The largest absolute Gasteiger partial charge is 0.463 e. The third-order valence-electron chi connectivity index (χ3n) is 9.34. The number of piperazine rings is 1. The molecule has 1 N–H and O–H groups in total. The van der Waals surface area contributed by atoms with Crippen LogP contribution < -0.4 is 15.8 Å². The Labute approximate surface area is 314 Å². The second-order valence-electron chi connectivity index (χ2n) is 13.9. The van der Waals surface area contributed by atoms with Gasteiger partial charge in [-0.3, -0.25) is 28.5 Å². The van der Waals surface area contributed by atoms with Gasteiger partial charge in [-0.05, 0) is 38.5 Å². The number of ether oxygens (including phenoxy) is 5. The van der Waals surface area contributed by atoms with Gasteiger partial charge >= 0.3 is 23.9 Å². The number of carbonyl (C=O) groups is 4. The van der Waals surface area contributed by atoms with Crippen molar-refractivity contribution in [1.29, 1.82) is 0 Å². The van der Waals surface area contributed by atoms with Crippen molar-refractivity contribution in [3.05, 3.63) is 34.3 Å². The van der Waals surface area contributed by atoms with Gasteiger partial charge in [0, 0.05) is 65.6 Å². The van der Waals surface area contributed by atoms with E-state index >= 15 is 0 Å². The lowest BCUT2D eigenvalue weighted by Gasteiger charge is -2.46. The summed E-state index contributed by atoms with van der Waals surface area (Å²) < 4.78 is 30.7. The number of nitrogens with one attached hydrogen (secondary N) is 1. The summed E-state index contributed by atoms with van der Waals surface area (Å²) in [5.74, 6) is -2.42. The minimum Gasteiger partial charge on any atom is -0.463 e. The van der Waals surface area contributed by atoms with Crippen LogP contribution in [0.25, 0.3) is 0 Å². The summed E-state index contributed by atoms with van der Waals surface area (Å²) >= 11 is 0.